The minimum Gasteiger partial charge on any atom is -0.341 e. The molecular weight excluding hydrogens is 393 g/mol. The van der Waals surface area contributed by atoms with E-state index in [0.717, 1.165) is 18.9 Å². The summed E-state index contributed by atoms with van der Waals surface area (Å²) >= 11 is 0. The van der Waals surface area contributed by atoms with Crippen LogP contribution in [0.15, 0.2) is 36.4 Å². The first-order valence-electron chi connectivity index (χ1n) is 10.1. The number of carbonyl (C=O) groups is 2. The largest absolute Gasteiger partial charge is 0.341 e. The quantitative estimate of drug-likeness (QED) is 0.674. The van der Waals surface area contributed by atoms with E-state index in [9.17, 15) is 22.8 Å². The molecule has 1 N–H and O–H groups in total. The van der Waals surface area contributed by atoms with Crippen LogP contribution in [0.1, 0.15) is 55.0 Å². The Morgan fingerprint density at radius 1 is 1.20 bits per heavy atom. The summed E-state index contributed by atoms with van der Waals surface area (Å²) < 4.78 is 41.5. The number of piperidine rings is 1. The van der Waals surface area contributed by atoms with Crippen LogP contribution in [0.2, 0.25) is 0 Å². The Hall–Kier alpha value is -2.67. The molecule has 1 heterocycles. The van der Waals surface area contributed by atoms with Crippen molar-refractivity contribution >= 4 is 11.7 Å². The van der Waals surface area contributed by atoms with Gasteiger partial charge in [-0.25, -0.2) is 13.2 Å². The summed E-state index contributed by atoms with van der Waals surface area (Å²) in [5.41, 5.74) is 0.842. The van der Waals surface area contributed by atoms with Crippen molar-refractivity contribution in [1.82, 2.24) is 10.2 Å². The molecule has 1 saturated heterocycles. The van der Waals surface area contributed by atoms with Gasteiger partial charge >= 0.3 is 0 Å². The molecule has 3 rings (SSSR count). The average Bonchev–Trinajstić information content (AvgIpc) is 2.75. The van der Waals surface area contributed by atoms with Crippen LogP contribution in [-0.4, -0.2) is 36.2 Å². The molecule has 7 heteroatoms. The van der Waals surface area contributed by atoms with Crippen LogP contribution < -0.4 is 5.32 Å². The maximum Gasteiger partial charge on any atom is 0.236 e. The molecule has 2 aromatic rings. The van der Waals surface area contributed by atoms with Crippen LogP contribution in [-0.2, 0) is 11.3 Å². The minimum absolute atomic E-state index is 0. The predicted octanol–water partition coefficient (Wildman–Crippen LogP) is 4.44. The molecule has 0 aromatic heterocycles. The van der Waals surface area contributed by atoms with Gasteiger partial charge in [-0.15, -0.1) is 0 Å². The summed E-state index contributed by atoms with van der Waals surface area (Å²) in [6.07, 6.45) is 1.70. The lowest BCUT2D eigenvalue weighted by Crippen LogP contribution is -2.43. The molecule has 0 spiro atoms. The maximum atomic E-state index is 14.9. The normalized spacial score (nSPS) is 16.5. The van der Waals surface area contributed by atoms with Gasteiger partial charge in [0.25, 0.3) is 0 Å². The lowest BCUT2D eigenvalue weighted by atomic mass is 9.88. The zero-order chi connectivity index (χ0) is 21.7. The van der Waals surface area contributed by atoms with Crippen molar-refractivity contribution in [1.29, 1.82) is 0 Å². The molecule has 30 heavy (non-hydrogen) atoms. The Labute approximate surface area is 175 Å². The Balaban J connectivity index is 0.00000341. The zero-order valence-corrected chi connectivity index (χ0v) is 16.9. The number of halogens is 3. The third-order valence-electron chi connectivity index (χ3n) is 5.47. The van der Waals surface area contributed by atoms with Crippen molar-refractivity contribution in [2.45, 2.75) is 38.6 Å². The van der Waals surface area contributed by atoms with Gasteiger partial charge in [-0.2, -0.15) is 0 Å². The van der Waals surface area contributed by atoms with E-state index in [4.69, 9.17) is 0 Å². The highest BCUT2D eigenvalue weighted by atomic mass is 19.1. The van der Waals surface area contributed by atoms with Gasteiger partial charge in [0.1, 0.15) is 17.5 Å². The SMILES string of the molecule is CCC(=O)c1cccc(C2CCCN(C(=O)CNCc3ccc(F)cc3F)C2)c1F.[HH]. The summed E-state index contributed by atoms with van der Waals surface area (Å²) in [7, 11) is 0. The van der Waals surface area contributed by atoms with E-state index in [1.54, 1.807) is 24.0 Å². The molecule has 0 bridgehead atoms. The maximum absolute atomic E-state index is 14.9. The number of ketones is 1. The van der Waals surface area contributed by atoms with Gasteiger partial charge in [-0.05, 0) is 30.5 Å². The van der Waals surface area contributed by atoms with E-state index >= 15 is 0 Å². The smallest absolute Gasteiger partial charge is 0.236 e. The van der Waals surface area contributed by atoms with Crippen molar-refractivity contribution in [2.24, 2.45) is 0 Å². The number of hydrogen-bond acceptors (Lipinski definition) is 3. The van der Waals surface area contributed by atoms with Gasteiger partial charge in [-0.1, -0.05) is 25.1 Å². The molecule has 1 fully saturated rings. The highest BCUT2D eigenvalue weighted by molar-refractivity contribution is 5.96. The summed E-state index contributed by atoms with van der Waals surface area (Å²) in [5.74, 6) is -2.39. The van der Waals surface area contributed by atoms with E-state index < -0.39 is 17.5 Å². The molecule has 1 atom stereocenters. The van der Waals surface area contributed by atoms with Crippen molar-refractivity contribution in [3.63, 3.8) is 0 Å². The second-order valence-corrected chi connectivity index (χ2v) is 7.50. The van der Waals surface area contributed by atoms with Crippen molar-refractivity contribution in [3.05, 3.63) is 70.5 Å². The summed E-state index contributed by atoms with van der Waals surface area (Å²) in [6.45, 7) is 2.73. The Bertz CT molecular complexity index is 939. The molecule has 1 aliphatic rings. The van der Waals surface area contributed by atoms with Crippen molar-refractivity contribution < 1.29 is 24.2 Å². The monoisotopic (exact) mass is 420 g/mol. The standard InChI is InChI=1S/C23H25F3N2O2.H2/c1-2-21(29)19-7-3-6-18(23(19)26)16-5-4-10-28(14-16)22(30)13-27-12-15-8-9-17(24)11-20(15)25;/h3,6-9,11,16,27H,2,4-5,10,12-14H2,1H3;1H. The second kappa shape index (κ2) is 9.89. The van der Waals surface area contributed by atoms with E-state index in [2.05, 4.69) is 5.32 Å². The molecule has 1 aliphatic heterocycles. The van der Waals surface area contributed by atoms with Crippen LogP contribution in [0.3, 0.4) is 0 Å². The number of nitrogens with zero attached hydrogens (tertiary/aromatic N) is 1. The topological polar surface area (TPSA) is 49.4 Å². The second-order valence-electron chi connectivity index (χ2n) is 7.50. The summed E-state index contributed by atoms with van der Waals surface area (Å²) in [4.78, 5) is 26.2. The average molecular weight is 420 g/mol. The summed E-state index contributed by atoms with van der Waals surface area (Å²) in [5, 5.41) is 2.88. The molecule has 1 amide bonds. The van der Waals surface area contributed by atoms with E-state index in [1.165, 1.54) is 18.2 Å². The lowest BCUT2D eigenvalue weighted by Gasteiger charge is -2.33. The van der Waals surface area contributed by atoms with Crippen LogP contribution in [0.4, 0.5) is 13.2 Å². The summed E-state index contributed by atoms with van der Waals surface area (Å²) in [6, 6.07) is 8.17. The molecule has 162 valence electrons. The number of amides is 1. The number of nitrogens with one attached hydrogen (secondary N) is 1. The fraction of sp³-hybridized carbons (Fsp3) is 0.391. The first-order valence-corrected chi connectivity index (χ1v) is 10.1. The Morgan fingerprint density at radius 2 is 2.00 bits per heavy atom. The number of Topliss-reactive ketones (excluding diaryl/α,β-unsaturated/α-hetero) is 1. The molecule has 0 aliphatic carbocycles. The molecule has 0 saturated carbocycles. The highest BCUT2D eigenvalue weighted by Gasteiger charge is 2.27. The van der Waals surface area contributed by atoms with Gasteiger partial charge in [-0.3, -0.25) is 9.59 Å². The minimum atomic E-state index is -0.662. The Kier molecular flexibility index (Phi) is 7.26. The Morgan fingerprint density at radius 3 is 2.73 bits per heavy atom. The number of benzene rings is 2. The number of carbonyl (C=O) groups excluding carboxylic acids is 2. The van der Waals surface area contributed by atoms with Crippen LogP contribution >= 0.6 is 0 Å². The number of likely N-dealkylation sites (tertiary alicyclic amines) is 1. The predicted molar refractivity (Wildman–Crippen MR) is 110 cm³/mol. The molecular formula is C23H27F3N2O2. The van der Waals surface area contributed by atoms with Crippen molar-refractivity contribution in [3.8, 4) is 0 Å². The molecule has 4 nitrogen and oxygen atoms in total. The fourth-order valence-corrected chi connectivity index (χ4v) is 3.81. The van der Waals surface area contributed by atoms with Gasteiger partial charge < -0.3 is 10.2 Å². The third-order valence-corrected chi connectivity index (χ3v) is 5.47. The van der Waals surface area contributed by atoms with E-state index in [-0.39, 0.29) is 49.7 Å². The van der Waals surface area contributed by atoms with Gasteiger partial charge in [0.05, 0.1) is 12.1 Å². The van der Waals surface area contributed by atoms with Crippen molar-refractivity contribution in [2.75, 3.05) is 19.6 Å². The van der Waals surface area contributed by atoms with Gasteiger partial charge in [0.2, 0.25) is 5.91 Å². The molecule has 2 aromatic carbocycles. The fourth-order valence-electron chi connectivity index (χ4n) is 3.81. The van der Waals surface area contributed by atoms with Crippen LogP contribution in [0.5, 0.6) is 0 Å². The zero-order valence-electron chi connectivity index (χ0n) is 16.9. The van der Waals surface area contributed by atoms with E-state index in [1.807, 2.05) is 0 Å². The third kappa shape index (κ3) is 5.08. The highest BCUT2D eigenvalue weighted by Crippen LogP contribution is 2.30. The van der Waals surface area contributed by atoms with Crippen LogP contribution in [0.25, 0.3) is 0 Å². The van der Waals surface area contributed by atoms with Crippen LogP contribution in [0, 0.1) is 17.5 Å². The first kappa shape index (κ1) is 22.0. The first-order chi connectivity index (χ1) is 14.4. The molecule has 0 radical (unpaired) electrons. The van der Waals surface area contributed by atoms with Gasteiger partial charge in [0, 0.05) is 45.0 Å². The lowest BCUT2D eigenvalue weighted by molar-refractivity contribution is -0.131. The number of rotatable bonds is 7. The number of hydrogen-bond donors (Lipinski definition) is 1. The van der Waals surface area contributed by atoms with Gasteiger partial charge in [0.15, 0.2) is 5.78 Å². The molecule has 1 unspecified atom stereocenters. The van der Waals surface area contributed by atoms with E-state index in [0.29, 0.717) is 18.7 Å².